The van der Waals surface area contributed by atoms with Crippen LogP contribution < -0.4 is 0 Å². The van der Waals surface area contributed by atoms with E-state index in [1.54, 1.807) is 30.1 Å². The first kappa shape index (κ1) is 23.2. The number of hydrogen-bond acceptors (Lipinski definition) is 7. The van der Waals surface area contributed by atoms with Gasteiger partial charge in [-0.25, -0.2) is 9.48 Å². The molecule has 8 nitrogen and oxygen atoms in total. The lowest BCUT2D eigenvalue weighted by atomic mass is 9.97. The van der Waals surface area contributed by atoms with Crippen LogP contribution in [0.3, 0.4) is 0 Å². The van der Waals surface area contributed by atoms with Crippen molar-refractivity contribution in [1.82, 2.24) is 19.7 Å². The van der Waals surface area contributed by atoms with Crippen LogP contribution in [0, 0.1) is 5.92 Å². The van der Waals surface area contributed by atoms with Crippen molar-refractivity contribution in [3.8, 4) is 5.69 Å². The molecule has 4 rings (SSSR count). The van der Waals surface area contributed by atoms with Gasteiger partial charge in [-0.3, -0.25) is 14.7 Å². The van der Waals surface area contributed by atoms with Gasteiger partial charge in [0.2, 0.25) is 0 Å². The molecule has 0 aliphatic carbocycles. The maximum atomic E-state index is 12.7. The maximum Gasteiger partial charge on any atom is 0.341 e. The predicted octanol–water partition coefficient (Wildman–Crippen LogP) is 4.03. The topological polar surface area (TPSA) is 86.5 Å². The second-order valence-electron chi connectivity index (χ2n) is 7.93. The van der Waals surface area contributed by atoms with E-state index in [9.17, 15) is 9.59 Å². The van der Waals surface area contributed by atoms with E-state index in [4.69, 9.17) is 21.1 Å². The van der Waals surface area contributed by atoms with Gasteiger partial charge >= 0.3 is 11.9 Å². The van der Waals surface area contributed by atoms with Crippen molar-refractivity contribution in [3.63, 3.8) is 0 Å². The van der Waals surface area contributed by atoms with E-state index in [1.807, 2.05) is 25.1 Å². The summed E-state index contributed by atoms with van der Waals surface area (Å²) in [6.07, 6.45) is 4.70. The average molecular weight is 471 g/mol. The molecule has 174 valence electrons. The molecule has 1 aliphatic heterocycles. The first-order valence-corrected chi connectivity index (χ1v) is 11.6. The van der Waals surface area contributed by atoms with Gasteiger partial charge in [0.1, 0.15) is 5.56 Å². The summed E-state index contributed by atoms with van der Waals surface area (Å²) < 4.78 is 12.2. The molecule has 1 fully saturated rings. The van der Waals surface area contributed by atoms with Gasteiger partial charge in [0.05, 0.1) is 42.2 Å². The Kier molecular flexibility index (Phi) is 7.25. The van der Waals surface area contributed by atoms with Crippen molar-refractivity contribution in [2.45, 2.75) is 33.2 Å². The van der Waals surface area contributed by atoms with Crippen LogP contribution in [-0.4, -0.2) is 57.9 Å². The van der Waals surface area contributed by atoms with E-state index in [-0.39, 0.29) is 18.5 Å². The normalized spacial score (nSPS) is 15.0. The number of carbonyl (C=O) groups is 2. The monoisotopic (exact) mass is 470 g/mol. The van der Waals surface area contributed by atoms with Crippen molar-refractivity contribution in [1.29, 1.82) is 0 Å². The van der Waals surface area contributed by atoms with Gasteiger partial charge in [0, 0.05) is 23.2 Å². The quantitative estimate of drug-likeness (QED) is 0.482. The third-order valence-corrected chi connectivity index (χ3v) is 6.09. The van der Waals surface area contributed by atoms with Crippen molar-refractivity contribution >= 4 is 34.4 Å². The lowest BCUT2D eigenvalue weighted by Crippen LogP contribution is -2.37. The number of piperidine rings is 1. The number of pyridine rings is 1. The fraction of sp³-hybridized carbons (Fsp3) is 0.417. The van der Waals surface area contributed by atoms with E-state index in [0.717, 1.165) is 48.2 Å². The molecule has 0 amide bonds. The van der Waals surface area contributed by atoms with Gasteiger partial charge in [-0.1, -0.05) is 11.6 Å². The van der Waals surface area contributed by atoms with E-state index in [0.29, 0.717) is 23.7 Å². The number of benzene rings is 1. The Morgan fingerprint density at radius 3 is 2.61 bits per heavy atom. The highest BCUT2D eigenvalue weighted by Crippen LogP contribution is 2.27. The number of fused-ring (bicyclic) bond motifs is 1. The molecule has 0 radical (unpaired) electrons. The lowest BCUT2D eigenvalue weighted by Gasteiger charge is -2.31. The molecule has 33 heavy (non-hydrogen) atoms. The largest absolute Gasteiger partial charge is 0.466 e. The summed E-state index contributed by atoms with van der Waals surface area (Å²) in [5, 5.41) is 6.03. The number of likely N-dealkylation sites (tertiary alicyclic amines) is 1. The number of nitrogens with zero attached hydrogens (tertiary/aromatic N) is 4. The Hall–Kier alpha value is -2.97. The number of esters is 2. The van der Waals surface area contributed by atoms with Crippen molar-refractivity contribution < 1.29 is 19.1 Å². The third kappa shape index (κ3) is 5.02. The number of rotatable bonds is 7. The minimum atomic E-state index is -0.401. The first-order chi connectivity index (χ1) is 16.0. The smallest absolute Gasteiger partial charge is 0.341 e. The molecule has 1 aliphatic rings. The molecule has 0 saturated carbocycles. The number of halogens is 1. The van der Waals surface area contributed by atoms with Gasteiger partial charge in [0.25, 0.3) is 0 Å². The fourth-order valence-corrected chi connectivity index (χ4v) is 4.37. The summed E-state index contributed by atoms with van der Waals surface area (Å²) in [7, 11) is 0. The Bertz CT molecular complexity index is 1150. The molecule has 2 aromatic heterocycles. The van der Waals surface area contributed by atoms with Crippen molar-refractivity contribution in [2.75, 3.05) is 26.3 Å². The molecule has 3 aromatic rings. The number of hydrogen-bond donors (Lipinski definition) is 0. The molecule has 0 atom stereocenters. The van der Waals surface area contributed by atoms with Crippen LogP contribution in [0.5, 0.6) is 0 Å². The molecule has 0 bridgehead atoms. The summed E-state index contributed by atoms with van der Waals surface area (Å²) in [4.78, 5) is 31.4. The highest BCUT2D eigenvalue weighted by Gasteiger charge is 2.28. The van der Waals surface area contributed by atoms with Gasteiger partial charge < -0.3 is 9.47 Å². The molecule has 1 saturated heterocycles. The summed E-state index contributed by atoms with van der Waals surface area (Å²) in [6.45, 7) is 6.23. The van der Waals surface area contributed by atoms with Crippen LogP contribution in [0.4, 0.5) is 0 Å². The number of ether oxygens (including phenoxy) is 2. The molecular formula is C24H27ClN4O4. The summed E-state index contributed by atoms with van der Waals surface area (Å²) in [5.74, 6) is -0.609. The van der Waals surface area contributed by atoms with Gasteiger partial charge in [-0.15, -0.1) is 0 Å². The Balaban J connectivity index is 1.66. The second kappa shape index (κ2) is 10.3. The van der Waals surface area contributed by atoms with Crippen LogP contribution in [-0.2, 0) is 20.8 Å². The molecular weight excluding hydrogens is 444 g/mol. The Morgan fingerprint density at radius 2 is 1.88 bits per heavy atom. The van der Waals surface area contributed by atoms with E-state index < -0.39 is 5.97 Å². The van der Waals surface area contributed by atoms with Crippen LogP contribution in [0.2, 0.25) is 5.02 Å². The van der Waals surface area contributed by atoms with Crippen LogP contribution in [0.15, 0.2) is 36.7 Å². The fourth-order valence-electron chi connectivity index (χ4n) is 4.20. The molecule has 0 spiro atoms. The third-order valence-electron chi connectivity index (χ3n) is 5.86. The standard InChI is InChI=1S/C24H27ClN4O4/c1-3-32-23(30)16-8-11-28(12-9-16)15-22-19(24(31)33-4-2)14-27-29(22)21-7-10-26-20-13-17(25)5-6-18(20)21/h5-7,10,13-14,16H,3-4,8-9,11-12,15H2,1-2H3. The summed E-state index contributed by atoms with van der Waals surface area (Å²) in [6, 6.07) is 7.38. The minimum Gasteiger partial charge on any atom is -0.466 e. The second-order valence-corrected chi connectivity index (χ2v) is 8.37. The van der Waals surface area contributed by atoms with Gasteiger partial charge in [-0.2, -0.15) is 5.10 Å². The van der Waals surface area contributed by atoms with Gasteiger partial charge in [0.15, 0.2) is 0 Å². The summed E-state index contributed by atoms with van der Waals surface area (Å²) >= 11 is 6.15. The molecule has 3 heterocycles. The van der Waals surface area contributed by atoms with Crippen LogP contribution in [0.25, 0.3) is 16.6 Å². The Morgan fingerprint density at radius 1 is 1.12 bits per heavy atom. The molecule has 0 N–H and O–H groups in total. The van der Waals surface area contributed by atoms with Crippen molar-refractivity contribution in [2.24, 2.45) is 5.92 Å². The SMILES string of the molecule is CCOC(=O)c1cnn(-c2ccnc3cc(Cl)ccc23)c1CN1CCC(C(=O)OCC)CC1. The molecule has 0 unspecified atom stereocenters. The average Bonchev–Trinajstić information content (AvgIpc) is 3.22. The molecule has 9 heteroatoms. The van der Waals surface area contributed by atoms with E-state index in [1.165, 1.54) is 0 Å². The highest BCUT2D eigenvalue weighted by atomic mass is 35.5. The summed E-state index contributed by atoms with van der Waals surface area (Å²) in [5.41, 5.74) is 2.73. The van der Waals surface area contributed by atoms with Crippen LogP contribution >= 0.6 is 11.6 Å². The van der Waals surface area contributed by atoms with Gasteiger partial charge in [-0.05, 0) is 64.0 Å². The zero-order chi connectivity index (χ0) is 23.4. The van der Waals surface area contributed by atoms with E-state index >= 15 is 0 Å². The zero-order valence-electron chi connectivity index (χ0n) is 18.8. The first-order valence-electron chi connectivity index (χ1n) is 11.2. The zero-order valence-corrected chi connectivity index (χ0v) is 19.5. The van der Waals surface area contributed by atoms with Crippen molar-refractivity contribution in [3.05, 3.63) is 52.9 Å². The number of aromatic nitrogens is 3. The maximum absolute atomic E-state index is 12.7. The molecule has 1 aromatic carbocycles. The van der Waals surface area contributed by atoms with Crippen LogP contribution in [0.1, 0.15) is 42.7 Å². The Labute approximate surface area is 197 Å². The minimum absolute atomic E-state index is 0.0791. The number of carbonyl (C=O) groups excluding carboxylic acids is 2. The highest BCUT2D eigenvalue weighted by molar-refractivity contribution is 6.31. The lowest BCUT2D eigenvalue weighted by molar-refractivity contribution is -0.149. The van der Waals surface area contributed by atoms with E-state index in [2.05, 4.69) is 15.0 Å². The predicted molar refractivity (Wildman–Crippen MR) is 124 cm³/mol.